The van der Waals surface area contributed by atoms with Gasteiger partial charge in [0.1, 0.15) is 0 Å². The zero-order chi connectivity index (χ0) is 14.4. The van der Waals surface area contributed by atoms with E-state index in [9.17, 15) is 0 Å². The molecular weight excluding hydrogens is 272 g/mol. The van der Waals surface area contributed by atoms with Crippen LogP contribution in [0.2, 0.25) is 5.02 Å². The van der Waals surface area contributed by atoms with Gasteiger partial charge in [0.15, 0.2) is 0 Å². The summed E-state index contributed by atoms with van der Waals surface area (Å²) < 4.78 is 0. The molecule has 0 amide bonds. The number of likely N-dealkylation sites (tertiary alicyclic amines) is 1. The number of nitrogens with zero attached hydrogens (tertiary/aromatic N) is 1. The van der Waals surface area contributed by atoms with Crippen molar-refractivity contribution in [2.24, 2.45) is 5.73 Å². The lowest BCUT2D eigenvalue weighted by molar-refractivity contribution is 0.211. The molecule has 1 fully saturated rings. The van der Waals surface area contributed by atoms with E-state index in [1.807, 2.05) is 24.3 Å². The smallest absolute Gasteiger partial charge is 0.0431 e. The molecule has 0 radical (unpaired) electrons. The first-order chi connectivity index (χ1) is 9.70. The number of hydrogen-bond acceptors (Lipinski definition) is 3. The number of aliphatic hydroxyl groups is 1. The van der Waals surface area contributed by atoms with Crippen LogP contribution in [0.3, 0.4) is 0 Å². The number of rotatable bonds is 7. The molecule has 2 unspecified atom stereocenters. The van der Waals surface area contributed by atoms with Gasteiger partial charge in [0, 0.05) is 30.3 Å². The molecule has 0 bridgehead atoms. The van der Waals surface area contributed by atoms with E-state index in [-0.39, 0.29) is 6.04 Å². The van der Waals surface area contributed by atoms with Crippen molar-refractivity contribution in [3.05, 3.63) is 34.9 Å². The van der Waals surface area contributed by atoms with Crippen molar-refractivity contribution in [1.82, 2.24) is 4.90 Å². The van der Waals surface area contributed by atoms with E-state index in [4.69, 9.17) is 22.4 Å². The Morgan fingerprint density at radius 1 is 1.35 bits per heavy atom. The van der Waals surface area contributed by atoms with E-state index in [0.717, 1.165) is 36.4 Å². The number of nitrogens with two attached hydrogens (primary N) is 1. The molecule has 112 valence electrons. The molecule has 1 saturated heterocycles. The second kappa shape index (κ2) is 7.99. The van der Waals surface area contributed by atoms with Crippen LogP contribution >= 0.6 is 11.6 Å². The first kappa shape index (κ1) is 15.8. The van der Waals surface area contributed by atoms with E-state index < -0.39 is 0 Å². The monoisotopic (exact) mass is 296 g/mol. The van der Waals surface area contributed by atoms with Crippen LogP contribution in [0.1, 0.15) is 43.7 Å². The molecule has 2 rings (SSSR count). The van der Waals surface area contributed by atoms with Crippen molar-refractivity contribution in [1.29, 1.82) is 0 Å². The molecule has 4 heteroatoms. The summed E-state index contributed by atoms with van der Waals surface area (Å²) in [5.74, 6) is 0. The summed E-state index contributed by atoms with van der Waals surface area (Å²) in [4.78, 5) is 2.53. The number of aliphatic hydroxyl groups excluding tert-OH is 1. The molecule has 3 nitrogen and oxygen atoms in total. The lowest BCUT2D eigenvalue weighted by Gasteiger charge is -2.25. The van der Waals surface area contributed by atoms with Crippen LogP contribution in [-0.4, -0.2) is 35.7 Å². The molecule has 0 aliphatic carbocycles. The standard InChI is InChI=1S/C16H25ClN2O/c17-14-7-5-13(6-8-14)16(18)9-11-19-10-1-3-15(19)4-2-12-20/h5-8,15-16,20H,1-4,9-12,18H2. The maximum atomic E-state index is 8.95. The van der Waals surface area contributed by atoms with Gasteiger partial charge < -0.3 is 15.7 Å². The summed E-state index contributed by atoms with van der Waals surface area (Å²) in [6.45, 7) is 2.51. The van der Waals surface area contributed by atoms with E-state index >= 15 is 0 Å². The fourth-order valence-corrected chi connectivity index (χ4v) is 3.15. The number of halogens is 1. The molecular formula is C16H25ClN2O. The third kappa shape index (κ3) is 4.45. The van der Waals surface area contributed by atoms with Gasteiger partial charge in [0.2, 0.25) is 0 Å². The zero-order valence-electron chi connectivity index (χ0n) is 12.0. The molecule has 3 N–H and O–H groups in total. The summed E-state index contributed by atoms with van der Waals surface area (Å²) in [5, 5.41) is 9.71. The van der Waals surface area contributed by atoms with Gasteiger partial charge in [-0.3, -0.25) is 0 Å². The molecule has 0 saturated carbocycles. The Morgan fingerprint density at radius 2 is 2.10 bits per heavy atom. The molecule has 0 aromatic heterocycles. The minimum absolute atomic E-state index is 0.0753. The normalized spacial score (nSPS) is 21.2. The van der Waals surface area contributed by atoms with Crippen LogP contribution in [0.25, 0.3) is 0 Å². The van der Waals surface area contributed by atoms with Crippen LogP contribution in [0, 0.1) is 0 Å². The van der Waals surface area contributed by atoms with Crippen molar-refractivity contribution >= 4 is 11.6 Å². The Morgan fingerprint density at radius 3 is 2.80 bits per heavy atom. The van der Waals surface area contributed by atoms with E-state index in [0.29, 0.717) is 12.6 Å². The van der Waals surface area contributed by atoms with Gasteiger partial charge in [-0.25, -0.2) is 0 Å². The number of benzene rings is 1. The number of hydrogen-bond donors (Lipinski definition) is 2. The lowest BCUT2D eigenvalue weighted by atomic mass is 10.0. The van der Waals surface area contributed by atoms with Crippen molar-refractivity contribution < 1.29 is 5.11 Å². The Hall–Kier alpha value is -0.610. The van der Waals surface area contributed by atoms with Gasteiger partial charge in [-0.15, -0.1) is 0 Å². The molecule has 1 aromatic carbocycles. The largest absolute Gasteiger partial charge is 0.396 e. The van der Waals surface area contributed by atoms with Crippen LogP contribution in [0.4, 0.5) is 0 Å². The highest BCUT2D eigenvalue weighted by molar-refractivity contribution is 6.30. The van der Waals surface area contributed by atoms with Crippen LogP contribution < -0.4 is 5.73 Å². The first-order valence-electron chi connectivity index (χ1n) is 7.56. The summed E-state index contributed by atoms with van der Waals surface area (Å²) >= 11 is 5.90. The van der Waals surface area contributed by atoms with Gasteiger partial charge in [-0.1, -0.05) is 23.7 Å². The van der Waals surface area contributed by atoms with Gasteiger partial charge in [-0.2, -0.15) is 0 Å². The maximum absolute atomic E-state index is 8.95. The summed E-state index contributed by atoms with van der Waals surface area (Å²) in [6, 6.07) is 8.54. The average molecular weight is 297 g/mol. The Balaban J connectivity index is 1.80. The Kier molecular flexibility index (Phi) is 6.30. The van der Waals surface area contributed by atoms with Crippen molar-refractivity contribution in [2.45, 2.75) is 44.2 Å². The average Bonchev–Trinajstić information content (AvgIpc) is 2.90. The second-order valence-corrected chi connectivity index (χ2v) is 6.08. The molecule has 1 heterocycles. The van der Waals surface area contributed by atoms with Crippen LogP contribution in [-0.2, 0) is 0 Å². The zero-order valence-corrected chi connectivity index (χ0v) is 12.7. The fourth-order valence-electron chi connectivity index (χ4n) is 3.02. The highest BCUT2D eigenvalue weighted by Gasteiger charge is 2.24. The topological polar surface area (TPSA) is 49.5 Å². The third-order valence-corrected chi connectivity index (χ3v) is 4.47. The first-order valence-corrected chi connectivity index (χ1v) is 7.94. The Labute approximate surface area is 126 Å². The highest BCUT2D eigenvalue weighted by atomic mass is 35.5. The molecule has 2 atom stereocenters. The second-order valence-electron chi connectivity index (χ2n) is 5.64. The van der Waals surface area contributed by atoms with Crippen LogP contribution in [0.5, 0.6) is 0 Å². The summed E-state index contributed by atoms with van der Waals surface area (Å²) in [6.07, 6.45) is 5.51. The Bertz CT molecular complexity index is 396. The van der Waals surface area contributed by atoms with E-state index in [1.165, 1.54) is 19.4 Å². The van der Waals surface area contributed by atoms with E-state index in [2.05, 4.69) is 4.90 Å². The highest BCUT2D eigenvalue weighted by Crippen LogP contribution is 2.24. The van der Waals surface area contributed by atoms with E-state index in [1.54, 1.807) is 0 Å². The van der Waals surface area contributed by atoms with Gasteiger partial charge in [0.05, 0.1) is 0 Å². The summed E-state index contributed by atoms with van der Waals surface area (Å²) in [5.41, 5.74) is 7.41. The van der Waals surface area contributed by atoms with Gasteiger partial charge in [0.25, 0.3) is 0 Å². The quantitative estimate of drug-likeness (QED) is 0.813. The SMILES string of the molecule is NC(CCN1CCCC1CCCO)c1ccc(Cl)cc1. The lowest BCUT2D eigenvalue weighted by Crippen LogP contribution is -2.32. The van der Waals surface area contributed by atoms with Crippen molar-refractivity contribution in [2.75, 3.05) is 19.7 Å². The third-order valence-electron chi connectivity index (χ3n) is 4.22. The maximum Gasteiger partial charge on any atom is 0.0431 e. The molecule has 1 aromatic rings. The van der Waals surface area contributed by atoms with Crippen LogP contribution in [0.15, 0.2) is 24.3 Å². The van der Waals surface area contributed by atoms with Crippen molar-refractivity contribution in [3.63, 3.8) is 0 Å². The predicted molar refractivity (Wildman–Crippen MR) is 83.9 cm³/mol. The predicted octanol–water partition coefficient (Wildman–Crippen LogP) is 2.97. The fraction of sp³-hybridized carbons (Fsp3) is 0.625. The minimum Gasteiger partial charge on any atom is -0.396 e. The van der Waals surface area contributed by atoms with Gasteiger partial charge >= 0.3 is 0 Å². The molecule has 20 heavy (non-hydrogen) atoms. The molecule has 1 aliphatic heterocycles. The van der Waals surface area contributed by atoms with Crippen molar-refractivity contribution in [3.8, 4) is 0 Å². The summed E-state index contributed by atoms with van der Waals surface area (Å²) in [7, 11) is 0. The minimum atomic E-state index is 0.0753. The molecule has 1 aliphatic rings. The molecule has 0 spiro atoms. The van der Waals surface area contributed by atoms with Gasteiger partial charge in [-0.05, 0) is 56.3 Å².